The Hall–Kier alpha value is -3.15. The van der Waals surface area contributed by atoms with E-state index in [0.29, 0.717) is 23.6 Å². The van der Waals surface area contributed by atoms with Crippen molar-refractivity contribution in [2.75, 3.05) is 23.4 Å². The number of nitrogens with zero attached hydrogens (tertiary/aromatic N) is 2. The zero-order valence-electron chi connectivity index (χ0n) is 17.8. The first-order chi connectivity index (χ1) is 13.8. The molecule has 2 aromatic rings. The molecule has 0 aliphatic rings. The van der Waals surface area contributed by atoms with E-state index in [2.05, 4.69) is 42.6 Å². The van der Waals surface area contributed by atoms with E-state index in [4.69, 9.17) is 4.74 Å². The number of amides is 1. The average Bonchev–Trinajstić information content (AvgIpc) is 2.68. The van der Waals surface area contributed by atoms with Gasteiger partial charge in [0.1, 0.15) is 11.5 Å². The van der Waals surface area contributed by atoms with Gasteiger partial charge in [-0.25, -0.2) is 9.78 Å². The zero-order valence-corrected chi connectivity index (χ0v) is 17.8. The van der Waals surface area contributed by atoms with Crippen LogP contribution in [0, 0.1) is 0 Å². The second-order valence-electron chi connectivity index (χ2n) is 7.01. The van der Waals surface area contributed by atoms with Gasteiger partial charge in [-0.15, -0.1) is 0 Å². The first kappa shape index (κ1) is 22.1. The van der Waals surface area contributed by atoms with Crippen molar-refractivity contribution in [2.45, 2.75) is 40.7 Å². The number of esters is 1. The Morgan fingerprint density at radius 1 is 1.14 bits per heavy atom. The maximum atomic E-state index is 12.8. The summed E-state index contributed by atoms with van der Waals surface area (Å²) in [4.78, 5) is 31.3. The average molecular weight is 396 g/mol. The second kappa shape index (κ2) is 9.87. The molecule has 1 amide bonds. The van der Waals surface area contributed by atoms with Crippen LogP contribution in [0.15, 0.2) is 43.0 Å². The largest absolute Gasteiger partial charge is 0.462 e. The van der Waals surface area contributed by atoms with E-state index in [1.165, 1.54) is 0 Å². The normalized spacial score (nSPS) is 10.6. The molecule has 0 aliphatic heterocycles. The summed E-state index contributed by atoms with van der Waals surface area (Å²) in [6.07, 6.45) is 0. The Labute approximate surface area is 172 Å². The Bertz CT molecular complexity index is 889. The topological polar surface area (TPSA) is 71.5 Å². The van der Waals surface area contributed by atoms with Crippen molar-refractivity contribution in [3.05, 3.63) is 59.8 Å². The van der Waals surface area contributed by atoms with Crippen LogP contribution >= 0.6 is 0 Å². The number of allylic oxidation sites excluding steroid dienone is 1. The van der Waals surface area contributed by atoms with Gasteiger partial charge in [0.15, 0.2) is 0 Å². The van der Waals surface area contributed by atoms with E-state index < -0.39 is 0 Å². The van der Waals surface area contributed by atoms with Crippen molar-refractivity contribution in [2.24, 2.45) is 0 Å². The minimum absolute atomic E-state index is 0.249. The molecule has 0 saturated carbocycles. The van der Waals surface area contributed by atoms with Crippen LogP contribution < -0.4 is 10.2 Å². The summed E-state index contributed by atoms with van der Waals surface area (Å²) in [6.45, 7) is 15.0. The number of hydrogen-bond acceptors (Lipinski definition) is 5. The van der Waals surface area contributed by atoms with Gasteiger partial charge in [-0.1, -0.05) is 12.2 Å². The lowest BCUT2D eigenvalue weighted by atomic mass is 10.1. The SMILES string of the molecule is C=C(C)c1cc(C(=O)Nc2ccc(C(=O)OCC)cc2)nc(N(CC)C(C)C)c1. The predicted octanol–water partition coefficient (Wildman–Crippen LogP) is 4.78. The number of nitrogens with one attached hydrogen (secondary N) is 1. The van der Waals surface area contributed by atoms with Crippen LogP contribution in [0.5, 0.6) is 0 Å². The Kier molecular flexibility index (Phi) is 7.53. The molecule has 0 fully saturated rings. The highest BCUT2D eigenvalue weighted by atomic mass is 16.5. The lowest BCUT2D eigenvalue weighted by molar-refractivity contribution is 0.0526. The second-order valence-corrected chi connectivity index (χ2v) is 7.01. The van der Waals surface area contributed by atoms with Crippen molar-refractivity contribution < 1.29 is 14.3 Å². The quantitative estimate of drug-likeness (QED) is 0.652. The van der Waals surface area contributed by atoms with Crippen molar-refractivity contribution >= 4 is 29.0 Å². The highest BCUT2D eigenvalue weighted by Crippen LogP contribution is 2.22. The Morgan fingerprint density at radius 3 is 2.31 bits per heavy atom. The van der Waals surface area contributed by atoms with Crippen LogP contribution in [0.2, 0.25) is 0 Å². The van der Waals surface area contributed by atoms with Crippen LogP contribution in [-0.4, -0.2) is 36.1 Å². The fourth-order valence-electron chi connectivity index (χ4n) is 2.92. The summed E-state index contributed by atoms with van der Waals surface area (Å²) < 4.78 is 4.97. The van der Waals surface area contributed by atoms with Crippen molar-refractivity contribution in [3.8, 4) is 0 Å². The molecule has 2 rings (SSSR count). The smallest absolute Gasteiger partial charge is 0.338 e. The fourth-order valence-corrected chi connectivity index (χ4v) is 2.92. The minimum atomic E-state index is -0.390. The molecule has 1 heterocycles. The molecule has 1 aromatic heterocycles. The molecule has 1 N–H and O–H groups in total. The molecule has 6 nitrogen and oxygen atoms in total. The molecule has 0 bridgehead atoms. The third-order valence-corrected chi connectivity index (χ3v) is 4.45. The first-order valence-corrected chi connectivity index (χ1v) is 9.79. The van der Waals surface area contributed by atoms with E-state index >= 15 is 0 Å². The van der Waals surface area contributed by atoms with E-state index in [-0.39, 0.29) is 17.9 Å². The van der Waals surface area contributed by atoms with Gasteiger partial charge in [-0.05, 0) is 76.6 Å². The summed E-state index contributed by atoms with van der Waals surface area (Å²) in [6, 6.07) is 10.5. The van der Waals surface area contributed by atoms with Crippen molar-refractivity contribution in [3.63, 3.8) is 0 Å². The van der Waals surface area contributed by atoms with Gasteiger partial charge in [0.2, 0.25) is 0 Å². The summed E-state index contributed by atoms with van der Waals surface area (Å²) in [5.41, 5.74) is 3.06. The zero-order chi connectivity index (χ0) is 21.6. The molecule has 1 aromatic carbocycles. The predicted molar refractivity (Wildman–Crippen MR) is 117 cm³/mol. The number of pyridine rings is 1. The fraction of sp³-hybridized carbons (Fsp3) is 0.348. The summed E-state index contributed by atoms with van der Waals surface area (Å²) in [5, 5.41) is 2.83. The van der Waals surface area contributed by atoms with Gasteiger partial charge < -0.3 is 15.0 Å². The van der Waals surface area contributed by atoms with Crippen molar-refractivity contribution in [1.29, 1.82) is 0 Å². The number of carbonyl (C=O) groups is 2. The maximum Gasteiger partial charge on any atom is 0.338 e. The van der Waals surface area contributed by atoms with Crippen LogP contribution in [0.3, 0.4) is 0 Å². The van der Waals surface area contributed by atoms with Crippen LogP contribution in [0.1, 0.15) is 61.0 Å². The van der Waals surface area contributed by atoms with Gasteiger partial charge in [-0.3, -0.25) is 4.79 Å². The summed E-state index contributed by atoms with van der Waals surface area (Å²) in [7, 11) is 0. The van der Waals surface area contributed by atoms with Crippen LogP contribution in [-0.2, 0) is 4.74 Å². The molecule has 6 heteroatoms. The third-order valence-electron chi connectivity index (χ3n) is 4.45. The maximum absolute atomic E-state index is 12.8. The van der Waals surface area contributed by atoms with Crippen LogP contribution in [0.4, 0.5) is 11.5 Å². The van der Waals surface area contributed by atoms with E-state index in [1.807, 2.05) is 13.0 Å². The van der Waals surface area contributed by atoms with E-state index in [0.717, 1.165) is 23.5 Å². The molecule has 0 aliphatic carbocycles. The summed E-state index contributed by atoms with van der Waals surface area (Å²) in [5.74, 6) is 0.0306. The number of benzene rings is 1. The molecule has 154 valence electrons. The Balaban J connectivity index is 2.28. The highest BCUT2D eigenvalue weighted by Gasteiger charge is 2.16. The lowest BCUT2D eigenvalue weighted by Crippen LogP contribution is -2.31. The molecular formula is C23H29N3O3. The van der Waals surface area contributed by atoms with E-state index in [1.54, 1.807) is 37.3 Å². The van der Waals surface area contributed by atoms with Gasteiger partial charge in [0, 0.05) is 18.3 Å². The first-order valence-electron chi connectivity index (χ1n) is 9.79. The highest BCUT2D eigenvalue weighted by molar-refractivity contribution is 6.04. The van der Waals surface area contributed by atoms with E-state index in [9.17, 15) is 9.59 Å². The Morgan fingerprint density at radius 2 is 1.79 bits per heavy atom. The molecular weight excluding hydrogens is 366 g/mol. The molecule has 29 heavy (non-hydrogen) atoms. The standard InChI is InChI=1S/C23H29N3O3/c1-7-26(16(5)6)21-14-18(15(3)4)13-20(25-21)22(27)24-19-11-9-17(10-12-19)23(28)29-8-2/h9-14,16H,3,7-8H2,1-2,4-6H3,(H,24,27). The number of carbonyl (C=O) groups excluding carboxylic acids is 2. The summed E-state index contributed by atoms with van der Waals surface area (Å²) >= 11 is 0. The molecule has 0 unspecified atom stereocenters. The van der Waals surface area contributed by atoms with Crippen LogP contribution in [0.25, 0.3) is 5.57 Å². The number of aromatic nitrogens is 1. The minimum Gasteiger partial charge on any atom is -0.462 e. The van der Waals surface area contributed by atoms with Gasteiger partial charge >= 0.3 is 5.97 Å². The van der Waals surface area contributed by atoms with Crippen molar-refractivity contribution in [1.82, 2.24) is 4.98 Å². The number of rotatable bonds is 8. The number of anilines is 2. The van der Waals surface area contributed by atoms with Gasteiger partial charge in [-0.2, -0.15) is 0 Å². The monoisotopic (exact) mass is 395 g/mol. The lowest BCUT2D eigenvalue weighted by Gasteiger charge is -2.27. The number of hydrogen-bond donors (Lipinski definition) is 1. The molecule has 0 saturated heterocycles. The molecule has 0 spiro atoms. The third kappa shape index (κ3) is 5.67. The number of ether oxygens (including phenoxy) is 1. The van der Waals surface area contributed by atoms with Gasteiger partial charge in [0.25, 0.3) is 5.91 Å². The molecule has 0 radical (unpaired) electrons. The van der Waals surface area contributed by atoms with Gasteiger partial charge in [0.05, 0.1) is 12.2 Å². The molecule has 0 atom stereocenters.